The summed E-state index contributed by atoms with van der Waals surface area (Å²) in [7, 11) is 0. The molecule has 3 aromatic rings. The molecule has 0 N–H and O–H groups in total. The van der Waals surface area contributed by atoms with Gasteiger partial charge in [0.15, 0.2) is 5.78 Å². The molecular weight excluding hydrogens is 268 g/mol. The van der Waals surface area contributed by atoms with Crippen molar-refractivity contribution in [1.82, 2.24) is 9.55 Å². The van der Waals surface area contributed by atoms with Crippen molar-refractivity contribution in [2.24, 2.45) is 0 Å². The third-order valence-electron chi connectivity index (χ3n) is 2.90. The number of hydrogen-bond acceptors (Lipinski definition) is 3. The van der Waals surface area contributed by atoms with Gasteiger partial charge in [-0.05, 0) is 47.9 Å². The highest BCUT2D eigenvalue weighted by Gasteiger charge is 2.02. The van der Waals surface area contributed by atoms with Gasteiger partial charge in [0.25, 0.3) is 0 Å². The second-order valence-electron chi connectivity index (χ2n) is 4.23. The molecular formula is C16H12N2OS. The van der Waals surface area contributed by atoms with Crippen LogP contribution in [-0.2, 0) is 0 Å². The smallest absolute Gasteiger partial charge is 0.185 e. The maximum Gasteiger partial charge on any atom is 0.185 e. The third kappa shape index (κ3) is 2.75. The molecule has 0 aliphatic carbocycles. The number of rotatable bonds is 4. The van der Waals surface area contributed by atoms with Gasteiger partial charge in [-0.25, -0.2) is 4.98 Å². The lowest BCUT2D eigenvalue weighted by atomic mass is 10.1. The van der Waals surface area contributed by atoms with Crippen molar-refractivity contribution in [3.63, 3.8) is 0 Å². The first kappa shape index (κ1) is 12.6. The fraction of sp³-hybridized carbons (Fsp3) is 0. The van der Waals surface area contributed by atoms with Crippen LogP contribution in [0.5, 0.6) is 0 Å². The zero-order chi connectivity index (χ0) is 13.8. The Morgan fingerprint density at radius 1 is 1.20 bits per heavy atom. The number of aromatic nitrogens is 2. The van der Waals surface area contributed by atoms with Gasteiger partial charge in [-0.2, -0.15) is 0 Å². The highest BCUT2D eigenvalue weighted by molar-refractivity contribution is 7.10. The molecule has 0 spiro atoms. The van der Waals surface area contributed by atoms with E-state index in [9.17, 15) is 4.79 Å². The number of thiophene rings is 1. The van der Waals surface area contributed by atoms with E-state index < -0.39 is 0 Å². The summed E-state index contributed by atoms with van der Waals surface area (Å²) >= 11 is 1.61. The van der Waals surface area contributed by atoms with Crippen LogP contribution in [0.1, 0.15) is 15.2 Å². The van der Waals surface area contributed by atoms with Gasteiger partial charge in [-0.1, -0.05) is 6.07 Å². The molecule has 3 nitrogen and oxygen atoms in total. The van der Waals surface area contributed by atoms with Gasteiger partial charge in [0.2, 0.25) is 0 Å². The predicted octanol–water partition coefficient (Wildman–Crippen LogP) is 3.83. The Balaban J connectivity index is 1.76. The molecule has 0 unspecified atom stereocenters. The van der Waals surface area contributed by atoms with E-state index in [4.69, 9.17) is 0 Å². The van der Waals surface area contributed by atoms with Crippen molar-refractivity contribution >= 4 is 23.2 Å². The maximum atomic E-state index is 12.0. The summed E-state index contributed by atoms with van der Waals surface area (Å²) in [5.74, 6) is 0.00980. The second-order valence-corrected chi connectivity index (χ2v) is 5.21. The lowest BCUT2D eigenvalue weighted by Gasteiger charge is -2.02. The minimum absolute atomic E-state index is 0.00980. The molecule has 0 bridgehead atoms. The Kier molecular flexibility index (Phi) is 3.56. The number of hydrogen-bond donors (Lipinski definition) is 0. The van der Waals surface area contributed by atoms with Crippen molar-refractivity contribution in [1.29, 1.82) is 0 Å². The van der Waals surface area contributed by atoms with Crippen LogP contribution in [0.3, 0.4) is 0 Å². The highest BCUT2D eigenvalue weighted by atomic mass is 32.1. The molecule has 0 saturated heterocycles. The van der Waals surface area contributed by atoms with Crippen molar-refractivity contribution in [2.45, 2.75) is 0 Å². The fourth-order valence-corrected chi connectivity index (χ4v) is 2.47. The minimum Gasteiger partial charge on any atom is -0.306 e. The number of imidazole rings is 1. The van der Waals surface area contributed by atoms with E-state index >= 15 is 0 Å². The number of nitrogens with zero attached hydrogens (tertiary/aromatic N) is 2. The Bertz CT molecular complexity index is 710. The van der Waals surface area contributed by atoms with Crippen LogP contribution in [0.4, 0.5) is 0 Å². The zero-order valence-electron chi connectivity index (χ0n) is 10.6. The molecule has 1 aromatic carbocycles. The van der Waals surface area contributed by atoms with Crippen LogP contribution in [-0.4, -0.2) is 15.3 Å². The van der Waals surface area contributed by atoms with Crippen molar-refractivity contribution in [3.8, 4) is 5.69 Å². The highest BCUT2D eigenvalue weighted by Crippen LogP contribution is 2.13. The van der Waals surface area contributed by atoms with Crippen LogP contribution in [0.25, 0.3) is 11.8 Å². The summed E-state index contributed by atoms with van der Waals surface area (Å²) in [6, 6.07) is 11.4. The van der Waals surface area contributed by atoms with Crippen molar-refractivity contribution < 1.29 is 4.79 Å². The Morgan fingerprint density at radius 3 is 2.70 bits per heavy atom. The van der Waals surface area contributed by atoms with Gasteiger partial charge in [0.05, 0.1) is 6.33 Å². The first-order chi connectivity index (χ1) is 9.83. The zero-order valence-corrected chi connectivity index (χ0v) is 11.5. The molecule has 0 aliphatic rings. The van der Waals surface area contributed by atoms with Crippen molar-refractivity contribution in [2.75, 3.05) is 0 Å². The normalized spacial score (nSPS) is 11.0. The molecule has 2 heterocycles. The number of carbonyl (C=O) groups is 1. The number of allylic oxidation sites excluding steroid dienone is 1. The van der Waals surface area contributed by atoms with Gasteiger partial charge in [-0.15, -0.1) is 11.3 Å². The number of carbonyl (C=O) groups excluding carboxylic acids is 1. The van der Waals surface area contributed by atoms with E-state index in [1.807, 2.05) is 58.6 Å². The molecule has 0 radical (unpaired) electrons. The molecule has 0 atom stereocenters. The molecule has 2 aromatic heterocycles. The van der Waals surface area contributed by atoms with Crippen LogP contribution in [0, 0.1) is 0 Å². The summed E-state index contributed by atoms with van der Waals surface area (Å²) in [4.78, 5) is 17.1. The van der Waals surface area contributed by atoms with E-state index in [2.05, 4.69) is 4.98 Å². The van der Waals surface area contributed by atoms with Crippen LogP contribution < -0.4 is 0 Å². The van der Waals surface area contributed by atoms with Gasteiger partial charge in [-0.3, -0.25) is 4.79 Å². The average Bonchev–Trinajstić information content (AvgIpc) is 3.18. The van der Waals surface area contributed by atoms with Gasteiger partial charge < -0.3 is 4.57 Å². The predicted molar refractivity (Wildman–Crippen MR) is 81.2 cm³/mol. The summed E-state index contributed by atoms with van der Waals surface area (Å²) in [6.07, 6.45) is 8.78. The quantitative estimate of drug-likeness (QED) is 0.538. The lowest BCUT2D eigenvalue weighted by molar-refractivity contribution is 0.104. The standard InChI is InChI=1S/C16H12N2OS/c19-16(8-7-15-2-1-11-20-15)13-3-5-14(6-4-13)18-10-9-17-12-18/h1-12H/b8-7+. The molecule has 0 saturated carbocycles. The molecule has 20 heavy (non-hydrogen) atoms. The molecule has 0 fully saturated rings. The molecule has 98 valence electrons. The summed E-state index contributed by atoms with van der Waals surface area (Å²) in [6.45, 7) is 0. The largest absolute Gasteiger partial charge is 0.306 e. The van der Waals surface area contributed by atoms with E-state index in [1.54, 1.807) is 29.9 Å². The van der Waals surface area contributed by atoms with Crippen molar-refractivity contribution in [3.05, 3.63) is 77.0 Å². The molecule has 0 aliphatic heterocycles. The molecule has 0 amide bonds. The number of ketones is 1. The Morgan fingerprint density at radius 2 is 2.05 bits per heavy atom. The minimum atomic E-state index is 0.00980. The van der Waals surface area contributed by atoms with E-state index in [0.717, 1.165) is 10.6 Å². The Labute approximate surface area is 120 Å². The SMILES string of the molecule is O=C(/C=C/c1cccs1)c1ccc(-n2ccnc2)cc1. The molecule has 4 heteroatoms. The maximum absolute atomic E-state index is 12.0. The summed E-state index contributed by atoms with van der Waals surface area (Å²) < 4.78 is 1.90. The van der Waals surface area contributed by atoms with E-state index in [1.165, 1.54) is 0 Å². The fourth-order valence-electron chi connectivity index (χ4n) is 1.85. The third-order valence-corrected chi connectivity index (χ3v) is 3.73. The van der Waals surface area contributed by atoms with E-state index in [0.29, 0.717) is 5.56 Å². The first-order valence-electron chi connectivity index (χ1n) is 6.17. The first-order valence-corrected chi connectivity index (χ1v) is 7.05. The van der Waals surface area contributed by atoms with Gasteiger partial charge >= 0.3 is 0 Å². The second kappa shape index (κ2) is 5.67. The summed E-state index contributed by atoms with van der Waals surface area (Å²) in [5, 5.41) is 1.99. The average molecular weight is 280 g/mol. The Hall–Kier alpha value is -2.46. The topological polar surface area (TPSA) is 34.9 Å². The lowest BCUT2D eigenvalue weighted by Crippen LogP contribution is -1.95. The monoisotopic (exact) mass is 280 g/mol. The van der Waals surface area contributed by atoms with Crippen LogP contribution >= 0.6 is 11.3 Å². The van der Waals surface area contributed by atoms with Crippen LogP contribution in [0.2, 0.25) is 0 Å². The van der Waals surface area contributed by atoms with E-state index in [-0.39, 0.29) is 5.78 Å². The summed E-state index contributed by atoms with van der Waals surface area (Å²) in [5.41, 5.74) is 1.67. The van der Waals surface area contributed by atoms with Gasteiger partial charge in [0, 0.05) is 28.5 Å². The van der Waals surface area contributed by atoms with Crippen LogP contribution in [0.15, 0.2) is 66.6 Å². The van der Waals surface area contributed by atoms with Gasteiger partial charge in [0.1, 0.15) is 0 Å². The molecule has 3 rings (SSSR count). The number of benzene rings is 1.